The summed E-state index contributed by atoms with van der Waals surface area (Å²) in [5, 5.41) is 13.7. The Bertz CT molecular complexity index is 882. The summed E-state index contributed by atoms with van der Waals surface area (Å²) in [6.07, 6.45) is 1.10. The van der Waals surface area contributed by atoms with E-state index in [2.05, 4.69) is 46.9 Å². The molecule has 5 heteroatoms. The van der Waals surface area contributed by atoms with Crippen LogP contribution in [-0.2, 0) is 33.3 Å². The predicted molar refractivity (Wildman–Crippen MR) is 122 cm³/mol. The lowest BCUT2D eigenvalue weighted by Gasteiger charge is -2.28. The van der Waals surface area contributed by atoms with E-state index in [4.69, 9.17) is 5.73 Å². The molecule has 5 nitrogen and oxygen atoms in total. The zero-order valence-electron chi connectivity index (χ0n) is 18.9. The van der Waals surface area contributed by atoms with Crippen molar-refractivity contribution >= 4 is 17.5 Å². The van der Waals surface area contributed by atoms with Crippen LogP contribution in [0.3, 0.4) is 0 Å². The van der Waals surface area contributed by atoms with Crippen molar-refractivity contribution in [3.63, 3.8) is 0 Å². The van der Waals surface area contributed by atoms with Crippen LogP contribution < -0.4 is 11.1 Å². The Balaban J connectivity index is 2.12. The van der Waals surface area contributed by atoms with Gasteiger partial charge in [-0.1, -0.05) is 65.8 Å². The zero-order chi connectivity index (χ0) is 22.7. The van der Waals surface area contributed by atoms with Gasteiger partial charge in [-0.3, -0.25) is 9.59 Å². The molecule has 0 unspecified atom stereocenters. The minimum atomic E-state index is -0.384. The van der Waals surface area contributed by atoms with Gasteiger partial charge in [0.15, 0.2) is 0 Å². The standard InChI is InChI=1S/C25H34N2O3/c1-24(2,3)19-13-17(14-20(23(19)30)25(4,5)6)9-12-22(29)27-18-10-7-16(8-11-18)15-21(26)28/h7-8,10-11,13-14,30H,9,12,15H2,1-6H3,(H2,26,28)(H,27,29). The molecule has 0 aromatic heterocycles. The number of nitrogens with two attached hydrogens (primary N) is 1. The van der Waals surface area contributed by atoms with Crippen LogP contribution in [0.1, 0.15) is 70.2 Å². The van der Waals surface area contributed by atoms with Crippen LogP contribution in [0.5, 0.6) is 5.75 Å². The van der Waals surface area contributed by atoms with Gasteiger partial charge >= 0.3 is 0 Å². The molecule has 0 heterocycles. The Hall–Kier alpha value is -2.82. The van der Waals surface area contributed by atoms with Gasteiger partial charge in [0.2, 0.25) is 11.8 Å². The maximum atomic E-state index is 12.4. The normalized spacial score (nSPS) is 11.9. The molecule has 4 N–H and O–H groups in total. The number of phenolic OH excluding ortho intramolecular Hbond substituents is 1. The number of primary amides is 1. The first kappa shape index (κ1) is 23.5. The topological polar surface area (TPSA) is 92.4 Å². The predicted octanol–water partition coefficient (Wildman–Crippen LogP) is 4.59. The van der Waals surface area contributed by atoms with E-state index in [1.165, 1.54) is 0 Å². The van der Waals surface area contributed by atoms with Crippen LogP contribution >= 0.6 is 0 Å². The summed E-state index contributed by atoms with van der Waals surface area (Å²) in [5.41, 5.74) is 9.13. The summed E-state index contributed by atoms with van der Waals surface area (Å²) in [7, 11) is 0. The molecule has 2 rings (SSSR count). The average Bonchev–Trinajstić information content (AvgIpc) is 2.60. The van der Waals surface area contributed by atoms with Crippen LogP contribution in [0.25, 0.3) is 0 Å². The quantitative estimate of drug-likeness (QED) is 0.650. The Morgan fingerprint density at radius 3 is 1.83 bits per heavy atom. The summed E-state index contributed by atoms with van der Waals surface area (Å²) in [4.78, 5) is 23.4. The summed E-state index contributed by atoms with van der Waals surface area (Å²) in [6.45, 7) is 12.5. The molecule has 0 aliphatic heterocycles. The van der Waals surface area contributed by atoms with Gasteiger partial charge < -0.3 is 16.2 Å². The van der Waals surface area contributed by atoms with Crippen molar-refractivity contribution in [1.29, 1.82) is 0 Å². The fraction of sp³-hybridized carbons (Fsp3) is 0.440. The minimum Gasteiger partial charge on any atom is -0.507 e. The molecule has 2 aromatic carbocycles. The van der Waals surface area contributed by atoms with Gasteiger partial charge in [0.25, 0.3) is 0 Å². The molecule has 30 heavy (non-hydrogen) atoms. The number of carbonyl (C=O) groups excluding carboxylic acids is 2. The zero-order valence-corrected chi connectivity index (χ0v) is 18.9. The van der Waals surface area contributed by atoms with E-state index >= 15 is 0 Å². The van der Waals surface area contributed by atoms with Crippen molar-refractivity contribution in [2.45, 2.75) is 71.6 Å². The van der Waals surface area contributed by atoms with Crippen LogP contribution in [-0.4, -0.2) is 16.9 Å². The number of carbonyl (C=O) groups is 2. The van der Waals surface area contributed by atoms with Gasteiger partial charge in [0.05, 0.1) is 6.42 Å². The number of phenols is 1. The molecular weight excluding hydrogens is 376 g/mol. The summed E-state index contributed by atoms with van der Waals surface area (Å²) in [6, 6.07) is 11.1. The molecule has 0 bridgehead atoms. The molecule has 0 saturated heterocycles. The second kappa shape index (κ2) is 8.90. The van der Waals surface area contributed by atoms with Gasteiger partial charge in [-0.25, -0.2) is 0 Å². The van der Waals surface area contributed by atoms with Crippen molar-refractivity contribution in [3.8, 4) is 5.75 Å². The van der Waals surface area contributed by atoms with E-state index in [0.717, 1.165) is 22.3 Å². The van der Waals surface area contributed by atoms with Gasteiger partial charge in [-0.15, -0.1) is 0 Å². The molecule has 0 radical (unpaired) electrons. The van der Waals surface area contributed by atoms with Gasteiger partial charge in [0, 0.05) is 12.1 Å². The second-order valence-electron chi connectivity index (χ2n) is 9.93. The van der Waals surface area contributed by atoms with E-state index in [1.807, 2.05) is 12.1 Å². The number of hydrogen-bond donors (Lipinski definition) is 3. The number of nitrogens with one attached hydrogen (secondary N) is 1. The lowest BCUT2D eigenvalue weighted by molar-refractivity contribution is -0.117. The first-order valence-electron chi connectivity index (χ1n) is 10.3. The number of aromatic hydroxyl groups is 1. The second-order valence-corrected chi connectivity index (χ2v) is 9.93. The van der Waals surface area contributed by atoms with Crippen molar-refractivity contribution in [3.05, 3.63) is 58.7 Å². The monoisotopic (exact) mass is 410 g/mol. The Kier molecular flexibility index (Phi) is 6.96. The number of aryl methyl sites for hydroxylation is 1. The summed E-state index contributed by atoms with van der Waals surface area (Å²) >= 11 is 0. The van der Waals surface area contributed by atoms with Crippen LogP contribution in [0, 0.1) is 0 Å². The molecule has 2 aromatic rings. The number of rotatable bonds is 6. The number of amides is 2. The molecule has 0 aliphatic carbocycles. The van der Waals surface area contributed by atoms with E-state index < -0.39 is 0 Å². The van der Waals surface area contributed by atoms with E-state index in [9.17, 15) is 14.7 Å². The molecule has 0 atom stereocenters. The molecule has 2 amide bonds. The molecule has 0 saturated carbocycles. The first-order valence-corrected chi connectivity index (χ1v) is 10.3. The molecule has 0 fully saturated rings. The van der Waals surface area contributed by atoms with Crippen LogP contribution in [0.2, 0.25) is 0 Å². The highest BCUT2D eigenvalue weighted by Gasteiger charge is 2.26. The summed E-state index contributed by atoms with van der Waals surface area (Å²) in [5.74, 6) is -0.121. The molecular formula is C25H34N2O3. The Labute approximate surface area is 179 Å². The Morgan fingerprint density at radius 2 is 1.40 bits per heavy atom. The third-order valence-electron chi connectivity index (χ3n) is 5.04. The largest absolute Gasteiger partial charge is 0.507 e. The minimum absolute atomic E-state index is 0.0830. The maximum absolute atomic E-state index is 12.4. The van der Waals surface area contributed by atoms with Crippen molar-refractivity contribution < 1.29 is 14.7 Å². The molecule has 162 valence electrons. The van der Waals surface area contributed by atoms with Crippen molar-refractivity contribution in [1.82, 2.24) is 0 Å². The first-order chi connectivity index (χ1) is 13.8. The van der Waals surface area contributed by atoms with E-state index in [-0.39, 0.29) is 29.1 Å². The maximum Gasteiger partial charge on any atom is 0.224 e. The number of benzene rings is 2. The SMILES string of the molecule is CC(C)(C)c1cc(CCC(=O)Nc2ccc(CC(N)=O)cc2)cc(C(C)(C)C)c1O. The highest BCUT2D eigenvalue weighted by molar-refractivity contribution is 5.90. The van der Waals surface area contributed by atoms with E-state index in [0.29, 0.717) is 24.3 Å². The third kappa shape index (κ3) is 6.34. The van der Waals surface area contributed by atoms with Crippen LogP contribution in [0.4, 0.5) is 5.69 Å². The fourth-order valence-corrected chi connectivity index (χ4v) is 3.37. The highest BCUT2D eigenvalue weighted by atomic mass is 16.3. The smallest absolute Gasteiger partial charge is 0.224 e. The number of anilines is 1. The summed E-state index contributed by atoms with van der Waals surface area (Å²) < 4.78 is 0. The lowest BCUT2D eigenvalue weighted by Crippen LogP contribution is -2.18. The van der Waals surface area contributed by atoms with Crippen LogP contribution in [0.15, 0.2) is 36.4 Å². The third-order valence-corrected chi connectivity index (χ3v) is 5.04. The number of hydrogen-bond acceptors (Lipinski definition) is 3. The van der Waals surface area contributed by atoms with Crippen molar-refractivity contribution in [2.24, 2.45) is 5.73 Å². The molecule has 0 aliphatic rings. The van der Waals surface area contributed by atoms with Gasteiger partial charge in [0.1, 0.15) is 5.75 Å². The molecule has 0 spiro atoms. The Morgan fingerprint density at radius 1 is 0.900 bits per heavy atom. The lowest BCUT2D eigenvalue weighted by atomic mass is 9.78. The van der Waals surface area contributed by atoms with E-state index in [1.54, 1.807) is 24.3 Å². The fourth-order valence-electron chi connectivity index (χ4n) is 3.37. The highest BCUT2D eigenvalue weighted by Crippen LogP contribution is 2.40. The van der Waals surface area contributed by atoms with Crippen molar-refractivity contribution in [2.75, 3.05) is 5.32 Å². The van der Waals surface area contributed by atoms with Gasteiger partial charge in [-0.05, 0) is 51.6 Å². The van der Waals surface area contributed by atoms with Gasteiger partial charge in [-0.2, -0.15) is 0 Å². The average molecular weight is 411 g/mol.